The Kier molecular flexibility index (Phi) is 6.54. The van der Waals surface area contributed by atoms with Crippen LogP contribution in [-0.4, -0.2) is 43.1 Å². The number of hydrogen-bond donors (Lipinski definition) is 0. The summed E-state index contributed by atoms with van der Waals surface area (Å²) in [6.45, 7) is 6.48. The van der Waals surface area contributed by atoms with Gasteiger partial charge in [0.2, 0.25) is 0 Å². The highest BCUT2D eigenvalue weighted by molar-refractivity contribution is 6.30. The molecule has 204 valence electrons. The minimum absolute atomic E-state index is 0.0583. The van der Waals surface area contributed by atoms with Crippen molar-refractivity contribution < 1.29 is 14.3 Å². The largest absolute Gasteiger partial charge is 0.462 e. The van der Waals surface area contributed by atoms with Gasteiger partial charge < -0.3 is 9.64 Å². The first-order chi connectivity index (χ1) is 19.3. The van der Waals surface area contributed by atoms with Crippen molar-refractivity contribution in [2.45, 2.75) is 46.2 Å². The number of ketones is 1. The number of ether oxygens (including phenoxy) is 1. The molecule has 0 spiro atoms. The van der Waals surface area contributed by atoms with E-state index in [4.69, 9.17) is 16.3 Å². The normalized spacial score (nSPS) is 17.9. The number of halogens is 1. The van der Waals surface area contributed by atoms with Gasteiger partial charge in [-0.3, -0.25) is 4.79 Å². The molecule has 0 bridgehead atoms. The van der Waals surface area contributed by atoms with Crippen LogP contribution >= 0.6 is 11.6 Å². The van der Waals surface area contributed by atoms with Crippen LogP contribution in [0.3, 0.4) is 0 Å². The van der Waals surface area contributed by atoms with Crippen molar-refractivity contribution >= 4 is 29.2 Å². The highest BCUT2D eigenvalue weighted by atomic mass is 35.5. The van der Waals surface area contributed by atoms with Crippen molar-refractivity contribution in [1.29, 1.82) is 0 Å². The molecule has 40 heavy (non-hydrogen) atoms. The Hall–Kier alpha value is -4.24. The maximum atomic E-state index is 13.9. The van der Waals surface area contributed by atoms with E-state index in [2.05, 4.69) is 29.3 Å². The molecule has 0 saturated carbocycles. The summed E-state index contributed by atoms with van der Waals surface area (Å²) in [5.41, 5.74) is 4.01. The van der Waals surface area contributed by atoms with Crippen LogP contribution in [0.25, 0.3) is 5.69 Å². The van der Waals surface area contributed by atoms with Gasteiger partial charge in [-0.15, -0.1) is 5.10 Å². The van der Waals surface area contributed by atoms with E-state index in [9.17, 15) is 9.59 Å². The molecule has 1 aliphatic heterocycles. The van der Waals surface area contributed by atoms with Crippen LogP contribution in [0, 0.1) is 5.41 Å². The monoisotopic (exact) mass is 556 g/mol. The number of aromatic nitrogens is 5. The average Bonchev–Trinajstić information content (AvgIpc) is 3.58. The van der Waals surface area contributed by atoms with Crippen LogP contribution in [0.1, 0.15) is 61.3 Å². The zero-order valence-electron chi connectivity index (χ0n) is 22.5. The standard InChI is InChI=1S/C30H29ClN6O3/c1-4-40-29(39)23-16-32-37-27(19-10-12-20(31)13-11-19)26-24(14-30(2,3)15-25(26)38)35(28(23)37)17-21-18-36(34-33-21)22-8-6-5-7-9-22/h5-13,16,18,27H,4,14-15,17H2,1-3H3. The first-order valence-corrected chi connectivity index (χ1v) is 13.6. The first-order valence-electron chi connectivity index (χ1n) is 13.3. The van der Waals surface area contributed by atoms with Gasteiger partial charge in [-0.25, -0.2) is 14.2 Å². The van der Waals surface area contributed by atoms with Crippen molar-refractivity contribution in [2.75, 3.05) is 11.5 Å². The van der Waals surface area contributed by atoms with Crippen LogP contribution in [0.5, 0.6) is 0 Å². The number of allylic oxidation sites excluding steroid dienone is 2. The summed E-state index contributed by atoms with van der Waals surface area (Å²) in [5, 5.41) is 14.0. The minimum Gasteiger partial charge on any atom is -0.462 e. The number of anilines is 1. The van der Waals surface area contributed by atoms with Crippen molar-refractivity contribution in [3.8, 4) is 5.69 Å². The molecular weight excluding hydrogens is 528 g/mol. The predicted molar refractivity (Wildman–Crippen MR) is 150 cm³/mol. The summed E-state index contributed by atoms with van der Waals surface area (Å²) in [5.74, 6) is 0.155. The second-order valence-electron chi connectivity index (χ2n) is 10.9. The van der Waals surface area contributed by atoms with E-state index >= 15 is 0 Å². The van der Waals surface area contributed by atoms with Gasteiger partial charge in [-0.1, -0.05) is 61.0 Å². The number of nitrogens with zero attached hydrogens (tertiary/aromatic N) is 6. The molecule has 0 saturated heterocycles. The average molecular weight is 557 g/mol. The number of carbonyl (C=O) groups excluding carboxylic acids is 2. The van der Waals surface area contributed by atoms with Gasteiger partial charge >= 0.3 is 5.97 Å². The molecule has 9 nitrogen and oxygen atoms in total. The van der Waals surface area contributed by atoms with Gasteiger partial charge in [0.05, 0.1) is 31.2 Å². The smallest absolute Gasteiger partial charge is 0.343 e. The number of carbonyl (C=O) groups is 2. The molecule has 6 rings (SSSR count). The number of benzene rings is 2. The Balaban J connectivity index is 1.53. The number of Topliss-reactive ketones (excluding diaryl/α,β-unsaturated/α-hetero) is 1. The molecule has 0 N–H and O–H groups in total. The van der Waals surface area contributed by atoms with E-state index in [-0.39, 0.29) is 17.8 Å². The van der Waals surface area contributed by atoms with E-state index in [1.54, 1.807) is 28.4 Å². The maximum Gasteiger partial charge on any atom is 0.343 e. The number of fused-ring (bicyclic) bond motifs is 1. The lowest BCUT2D eigenvalue weighted by atomic mass is 9.72. The van der Waals surface area contributed by atoms with Crippen LogP contribution in [0.15, 0.2) is 78.3 Å². The summed E-state index contributed by atoms with van der Waals surface area (Å²) in [4.78, 5) is 29.0. The molecule has 0 radical (unpaired) electrons. The van der Waals surface area contributed by atoms with Gasteiger partial charge in [0.15, 0.2) is 5.78 Å². The zero-order valence-corrected chi connectivity index (χ0v) is 23.3. The molecule has 2 aromatic carbocycles. The third kappa shape index (κ3) is 4.60. The second kappa shape index (κ2) is 10.1. The summed E-state index contributed by atoms with van der Waals surface area (Å²) < 4.78 is 8.89. The Labute approximate surface area is 237 Å². The Morgan fingerprint density at radius 3 is 2.58 bits per heavy atom. The van der Waals surface area contributed by atoms with Crippen LogP contribution in [0.2, 0.25) is 5.02 Å². The Morgan fingerprint density at radius 2 is 1.85 bits per heavy atom. The number of rotatable bonds is 6. The third-order valence-electron chi connectivity index (χ3n) is 7.33. The zero-order chi connectivity index (χ0) is 28.0. The van der Waals surface area contributed by atoms with Crippen molar-refractivity contribution in [1.82, 2.24) is 24.8 Å². The quantitative estimate of drug-likeness (QED) is 0.287. The molecule has 2 aliphatic rings. The van der Waals surface area contributed by atoms with E-state index in [0.29, 0.717) is 47.1 Å². The second-order valence-corrected chi connectivity index (χ2v) is 11.3. The molecule has 1 aliphatic carbocycles. The van der Waals surface area contributed by atoms with Crippen LogP contribution < -0.4 is 4.90 Å². The van der Waals surface area contributed by atoms with E-state index in [1.165, 1.54) is 6.20 Å². The molecular formula is C30H29ClN6O3. The van der Waals surface area contributed by atoms with Crippen molar-refractivity contribution in [3.05, 3.63) is 100 Å². The van der Waals surface area contributed by atoms with Gasteiger partial charge in [0.1, 0.15) is 23.1 Å². The lowest BCUT2D eigenvalue weighted by Crippen LogP contribution is -2.42. The fraction of sp³-hybridized carbons (Fsp3) is 0.300. The van der Waals surface area contributed by atoms with Gasteiger partial charge in [-0.05, 0) is 48.6 Å². The van der Waals surface area contributed by atoms with Crippen molar-refractivity contribution in [3.63, 3.8) is 0 Å². The first kappa shape index (κ1) is 26.0. The van der Waals surface area contributed by atoms with Crippen LogP contribution in [-0.2, 0) is 16.1 Å². The SMILES string of the molecule is CCOC(=O)c1cnn2c1N(Cc1cn(-c3ccccc3)nn1)C1=C(C(=O)CC(C)(C)C1)C2c1ccc(Cl)cc1. The highest BCUT2D eigenvalue weighted by Gasteiger charge is 2.45. The van der Waals surface area contributed by atoms with E-state index in [1.807, 2.05) is 53.6 Å². The molecule has 4 aromatic rings. The third-order valence-corrected chi connectivity index (χ3v) is 7.58. The Morgan fingerprint density at radius 1 is 1.10 bits per heavy atom. The number of esters is 1. The van der Waals surface area contributed by atoms with Crippen molar-refractivity contribution in [2.24, 2.45) is 5.41 Å². The Bertz CT molecular complexity index is 1620. The fourth-order valence-corrected chi connectivity index (χ4v) is 5.76. The maximum absolute atomic E-state index is 13.9. The minimum atomic E-state index is -0.509. The molecule has 2 aromatic heterocycles. The molecule has 1 atom stereocenters. The van der Waals surface area contributed by atoms with E-state index in [0.717, 1.165) is 16.9 Å². The number of hydrogen-bond acceptors (Lipinski definition) is 7. The fourth-order valence-electron chi connectivity index (χ4n) is 5.63. The van der Waals surface area contributed by atoms with Gasteiger partial charge in [-0.2, -0.15) is 5.10 Å². The predicted octanol–water partition coefficient (Wildman–Crippen LogP) is 5.55. The van der Waals surface area contributed by atoms with E-state index < -0.39 is 12.0 Å². The van der Waals surface area contributed by atoms with Gasteiger partial charge in [0.25, 0.3) is 0 Å². The topological polar surface area (TPSA) is 95.1 Å². The molecule has 10 heteroatoms. The summed E-state index contributed by atoms with van der Waals surface area (Å²) in [7, 11) is 0. The lowest BCUT2D eigenvalue weighted by molar-refractivity contribution is -0.118. The highest BCUT2D eigenvalue weighted by Crippen LogP contribution is 2.49. The summed E-state index contributed by atoms with van der Waals surface area (Å²) in [6, 6.07) is 16.6. The molecule has 0 amide bonds. The van der Waals surface area contributed by atoms with Gasteiger partial charge in [0, 0.05) is 22.7 Å². The molecule has 0 fully saturated rings. The molecule has 3 heterocycles. The summed E-state index contributed by atoms with van der Waals surface area (Å²) in [6.07, 6.45) is 4.44. The number of para-hydroxylation sites is 1. The molecule has 1 unspecified atom stereocenters. The summed E-state index contributed by atoms with van der Waals surface area (Å²) >= 11 is 6.21. The lowest BCUT2D eigenvalue weighted by Gasteiger charge is -2.44. The van der Waals surface area contributed by atoms with Crippen LogP contribution in [0.4, 0.5) is 5.82 Å².